The largest absolute Gasteiger partial charge is 0.344 e. The highest BCUT2D eigenvalue weighted by atomic mass is 35.5. The Hall–Kier alpha value is 0.250. The van der Waals surface area contributed by atoms with Crippen molar-refractivity contribution in [3.63, 3.8) is 0 Å². The summed E-state index contributed by atoms with van der Waals surface area (Å²) < 4.78 is 0. The Kier molecular flexibility index (Phi) is 14.6. The van der Waals surface area contributed by atoms with Crippen molar-refractivity contribution in [2.75, 3.05) is 0 Å². The van der Waals surface area contributed by atoms with Crippen molar-refractivity contribution < 1.29 is 0 Å². The molecule has 0 radical (unpaired) electrons. The van der Waals surface area contributed by atoms with Gasteiger partial charge in [-0.05, 0) is 31.1 Å². The zero-order chi connectivity index (χ0) is 17.0. The molecule has 0 spiro atoms. The summed E-state index contributed by atoms with van der Waals surface area (Å²) in [5, 5.41) is 0. The van der Waals surface area contributed by atoms with Crippen LogP contribution in [0.15, 0.2) is 0 Å². The SMILES string of the molecule is CCCCCCCCCCC(C1CCCCC1)C(Cl)(CC)CC.N. The van der Waals surface area contributed by atoms with Gasteiger partial charge in [0.25, 0.3) is 0 Å². The second-order valence-corrected chi connectivity index (χ2v) is 8.76. The van der Waals surface area contributed by atoms with Crippen molar-refractivity contribution in [1.82, 2.24) is 6.15 Å². The molecule has 24 heavy (non-hydrogen) atoms. The van der Waals surface area contributed by atoms with Crippen molar-refractivity contribution in [2.45, 2.75) is 128 Å². The topological polar surface area (TPSA) is 35.0 Å². The zero-order valence-electron chi connectivity index (χ0n) is 17.1. The van der Waals surface area contributed by atoms with Crippen molar-refractivity contribution in [1.29, 1.82) is 0 Å². The van der Waals surface area contributed by atoms with Crippen LogP contribution in [0.5, 0.6) is 0 Å². The highest BCUT2D eigenvalue weighted by Crippen LogP contribution is 2.45. The molecule has 146 valence electrons. The van der Waals surface area contributed by atoms with Crippen molar-refractivity contribution in [3.05, 3.63) is 0 Å². The van der Waals surface area contributed by atoms with Gasteiger partial charge in [-0.15, -0.1) is 11.6 Å². The summed E-state index contributed by atoms with van der Waals surface area (Å²) in [6.07, 6.45) is 22.3. The number of hydrogen-bond acceptors (Lipinski definition) is 1. The first kappa shape index (κ1) is 24.2. The van der Waals surface area contributed by atoms with Gasteiger partial charge in [0, 0.05) is 4.87 Å². The lowest BCUT2D eigenvalue weighted by atomic mass is 9.70. The third-order valence-electron chi connectivity index (χ3n) is 6.43. The van der Waals surface area contributed by atoms with Crippen LogP contribution in [-0.4, -0.2) is 4.87 Å². The molecule has 3 N–H and O–H groups in total. The third-order valence-corrected chi connectivity index (χ3v) is 7.24. The normalized spacial score (nSPS) is 17.5. The molecule has 0 aliphatic heterocycles. The third kappa shape index (κ3) is 8.56. The maximum absolute atomic E-state index is 7.10. The van der Waals surface area contributed by atoms with Crippen LogP contribution in [0.2, 0.25) is 0 Å². The van der Waals surface area contributed by atoms with Gasteiger partial charge in [-0.25, -0.2) is 0 Å². The summed E-state index contributed by atoms with van der Waals surface area (Å²) in [5.74, 6) is 1.67. The Morgan fingerprint density at radius 1 is 0.792 bits per heavy atom. The van der Waals surface area contributed by atoms with E-state index in [1.165, 1.54) is 89.9 Å². The lowest BCUT2D eigenvalue weighted by molar-refractivity contribution is 0.171. The summed E-state index contributed by atoms with van der Waals surface area (Å²) in [5.41, 5.74) is 0. The smallest absolute Gasteiger partial charge is 0.0472 e. The van der Waals surface area contributed by atoms with E-state index in [0.29, 0.717) is 0 Å². The van der Waals surface area contributed by atoms with E-state index in [9.17, 15) is 0 Å². The van der Waals surface area contributed by atoms with Gasteiger partial charge in [-0.3, -0.25) is 0 Å². The molecule has 1 saturated carbocycles. The minimum Gasteiger partial charge on any atom is -0.344 e. The molecule has 1 rings (SSSR count). The molecule has 0 aromatic rings. The first-order valence-corrected chi connectivity index (χ1v) is 11.2. The number of alkyl halides is 1. The van der Waals surface area contributed by atoms with Gasteiger partial charge in [0.15, 0.2) is 0 Å². The quantitative estimate of drug-likeness (QED) is 0.259. The summed E-state index contributed by atoms with van der Waals surface area (Å²) in [6, 6.07) is 0. The Morgan fingerprint density at radius 3 is 1.79 bits per heavy atom. The minimum absolute atomic E-state index is 0. The average molecular weight is 360 g/mol. The summed E-state index contributed by atoms with van der Waals surface area (Å²) in [6.45, 7) is 6.91. The molecule has 1 nitrogen and oxygen atoms in total. The first-order chi connectivity index (χ1) is 11.2. The predicted molar refractivity (Wildman–Crippen MR) is 111 cm³/mol. The molecule has 1 unspecified atom stereocenters. The van der Waals surface area contributed by atoms with Crippen LogP contribution in [0, 0.1) is 11.8 Å². The molecule has 0 amide bonds. The highest BCUT2D eigenvalue weighted by molar-refractivity contribution is 6.24. The molecule has 1 aliphatic rings. The van der Waals surface area contributed by atoms with Crippen molar-refractivity contribution in [3.8, 4) is 0 Å². The molecule has 1 fully saturated rings. The van der Waals surface area contributed by atoms with E-state index in [0.717, 1.165) is 24.7 Å². The van der Waals surface area contributed by atoms with Crippen LogP contribution < -0.4 is 6.15 Å². The van der Waals surface area contributed by atoms with E-state index < -0.39 is 0 Å². The number of halogens is 1. The number of unbranched alkanes of at least 4 members (excludes halogenated alkanes) is 7. The van der Waals surface area contributed by atoms with Gasteiger partial charge in [0.1, 0.15) is 0 Å². The van der Waals surface area contributed by atoms with Crippen LogP contribution in [-0.2, 0) is 0 Å². The summed E-state index contributed by atoms with van der Waals surface area (Å²) >= 11 is 7.10. The van der Waals surface area contributed by atoms with Gasteiger partial charge >= 0.3 is 0 Å². The molecule has 2 heteroatoms. The molecular weight excluding hydrogens is 314 g/mol. The van der Waals surface area contributed by atoms with E-state index in [2.05, 4.69) is 20.8 Å². The van der Waals surface area contributed by atoms with E-state index in [1.54, 1.807) is 0 Å². The average Bonchev–Trinajstić information content (AvgIpc) is 2.60. The fourth-order valence-corrected chi connectivity index (χ4v) is 5.01. The van der Waals surface area contributed by atoms with Gasteiger partial charge in [-0.2, -0.15) is 0 Å². The van der Waals surface area contributed by atoms with E-state index >= 15 is 0 Å². The second-order valence-electron chi connectivity index (χ2n) is 8.01. The van der Waals surface area contributed by atoms with Crippen LogP contribution >= 0.6 is 11.6 Å². The summed E-state index contributed by atoms with van der Waals surface area (Å²) in [7, 11) is 0. The molecule has 0 heterocycles. The van der Waals surface area contributed by atoms with Crippen LogP contribution in [0.4, 0.5) is 0 Å². The van der Waals surface area contributed by atoms with Gasteiger partial charge in [0.05, 0.1) is 0 Å². The molecule has 0 bridgehead atoms. The van der Waals surface area contributed by atoms with Gasteiger partial charge in [0.2, 0.25) is 0 Å². The first-order valence-electron chi connectivity index (χ1n) is 10.9. The Bertz CT molecular complexity index is 269. The lowest BCUT2D eigenvalue weighted by Gasteiger charge is -2.41. The van der Waals surface area contributed by atoms with Gasteiger partial charge in [-0.1, -0.05) is 104 Å². The van der Waals surface area contributed by atoms with Crippen molar-refractivity contribution >= 4 is 11.6 Å². The van der Waals surface area contributed by atoms with E-state index in [1.807, 2.05) is 0 Å². The molecular formula is C22H46ClN. The minimum atomic E-state index is 0. The Labute approximate surface area is 158 Å². The highest BCUT2D eigenvalue weighted by Gasteiger charge is 2.38. The molecule has 0 aromatic carbocycles. The van der Waals surface area contributed by atoms with E-state index in [-0.39, 0.29) is 11.0 Å². The number of hydrogen-bond donors (Lipinski definition) is 1. The number of rotatable bonds is 13. The van der Waals surface area contributed by atoms with E-state index in [4.69, 9.17) is 11.6 Å². The van der Waals surface area contributed by atoms with Crippen molar-refractivity contribution in [2.24, 2.45) is 11.8 Å². The summed E-state index contributed by atoms with van der Waals surface area (Å²) in [4.78, 5) is 0.0726. The lowest BCUT2D eigenvalue weighted by Crippen LogP contribution is -2.37. The van der Waals surface area contributed by atoms with Gasteiger partial charge < -0.3 is 6.15 Å². The maximum atomic E-state index is 7.10. The van der Waals surface area contributed by atoms with Crippen LogP contribution in [0.3, 0.4) is 0 Å². The molecule has 1 atom stereocenters. The Morgan fingerprint density at radius 2 is 1.29 bits per heavy atom. The standard InChI is InChI=1S/C22H43Cl.H3N/c1-4-7-8-9-10-11-12-16-19-21(22(23,5-2)6-3)20-17-14-13-15-18-20;/h20-21H,4-19H2,1-3H3;1H3. The zero-order valence-corrected chi connectivity index (χ0v) is 17.8. The monoisotopic (exact) mass is 359 g/mol. The second kappa shape index (κ2) is 14.4. The maximum Gasteiger partial charge on any atom is 0.0472 e. The fraction of sp³-hybridized carbons (Fsp3) is 1.00. The van der Waals surface area contributed by atoms with Crippen LogP contribution in [0.25, 0.3) is 0 Å². The van der Waals surface area contributed by atoms with Crippen LogP contribution in [0.1, 0.15) is 124 Å². The Balaban J connectivity index is 0.00000529. The predicted octanol–water partition coefficient (Wildman–Crippen LogP) is 8.67. The molecule has 0 saturated heterocycles. The molecule has 1 aliphatic carbocycles. The molecule has 0 aromatic heterocycles. The fourth-order valence-electron chi connectivity index (χ4n) is 4.73.